The lowest BCUT2D eigenvalue weighted by molar-refractivity contribution is 0.601. The molecular weight excluding hydrogens is 191 g/mol. The number of hydrogen-bond acceptors (Lipinski definition) is 2. The van der Waals surface area contributed by atoms with Gasteiger partial charge in [-0.05, 0) is 26.0 Å². The van der Waals surface area contributed by atoms with E-state index in [0.717, 1.165) is 5.70 Å². The van der Waals surface area contributed by atoms with Crippen LogP contribution in [0.4, 0.5) is 4.39 Å². The summed E-state index contributed by atoms with van der Waals surface area (Å²) in [5, 5.41) is 10.3. The third-order valence-electron chi connectivity index (χ3n) is 1.95. The van der Waals surface area contributed by atoms with Gasteiger partial charge < -0.3 is 10.7 Å². The molecule has 1 aromatic rings. The highest BCUT2D eigenvalue weighted by Gasteiger charge is 1.99. The monoisotopic (exact) mass is 206 g/mol. The van der Waals surface area contributed by atoms with Crippen LogP contribution in [0.25, 0.3) is 0 Å². The maximum absolute atomic E-state index is 13.2. The van der Waals surface area contributed by atoms with Gasteiger partial charge in [0.2, 0.25) is 0 Å². The molecule has 80 valence electrons. The van der Waals surface area contributed by atoms with E-state index in [9.17, 15) is 4.39 Å². The second kappa shape index (κ2) is 5.29. The lowest BCUT2D eigenvalue weighted by Crippen LogP contribution is -2.12. The Morgan fingerprint density at radius 3 is 2.67 bits per heavy atom. The van der Waals surface area contributed by atoms with Crippen LogP contribution in [0, 0.1) is 11.2 Å². The lowest BCUT2D eigenvalue weighted by atomic mass is 10.2. The molecule has 3 heteroatoms. The van der Waals surface area contributed by atoms with Crippen molar-refractivity contribution in [2.24, 2.45) is 0 Å². The summed E-state index contributed by atoms with van der Waals surface area (Å²) >= 11 is 0. The van der Waals surface area contributed by atoms with Crippen molar-refractivity contribution in [3.8, 4) is 0 Å². The predicted octanol–water partition coefficient (Wildman–Crippen LogP) is 2.86. The fraction of sp³-hybridized carbons (Fsp3) is 0.250. The highest BCUT2D eigenvalue weighted by atomic mass is 19.1. The number of rotatable bonds is 4. The molecule has 0 aromatic heterocycles. The van der Waals surface area contributed by atoms with Crippen molar-refractivity contribution in [2.45, 2.75) is 20.4 Å². The average molecular weight is 206 g/mol. The highest BCUT2D eigenvalue weighted by Crippen LogP contribution is 2.06. The quantitative estimate of drug-likeness (QED) is 0.730. The Morgan fingerprint density at radius 1 is 1.40 bits per heavy atom. The van der Waals surface area contributed by atoms with Crippen molar-refractivity contribution in [3.63, 3.8) is 0 Å². The molecule has 0 aliphatic heterocycles. The Hall–Kier alpha value is -1.64. The molecule has 0 aliphatic carbocycles. The molecule has 1 aromatic carbocycles. The molecule has 0 unspecified atom stereocenters. The van der Waals surface area contributed by atoms with E-state index in [2.05, 4.69) is 5.32 Å². The van der Waals surface area contributed by atoms with Crippen molar-refractivity contribution >= 4 is 5.71 Å². The fourth-order valence-electron chi connectivity index (χ4n) is 1.25. The van der Waals surface area contributed by atoms with E-state index in [4.69, 9.17) is 5.41 Å². The first-order valence-electron chi connectivity index (χ1n) is 4.80. The Morgan fingerprint density at radius 2 is 2.07 bits per heavy atom. The fourth-order valence-corrected chi connectivity index (χ4v) is 1.25. The van der Waals surface area contributed by atoms with Crippen LogP contribution in [0.3, 0.4) is 0 Å². The van der Waals surface area contributed by atoms with Crippen molar-refractivity contribution in [3.05, 3.63) is 47.4 Å². The first-order valence-corrected chi connectivity index (χ1v) is 4.80. The second-order valence-electron chi connectivity index (χ2n) is 3.46. The normalized spacial score (nSPS) is 11.3. The Kier molecular flexibility index (Phi) is 4.03. The average Bonchev–Trinajstić information content (AvgIpc) is 2.15. The van der Waals surface area contributed by atoms with E-state index in [1.54, 1.807) is 31.2 Å². The Bertz CT molecular complexity index is 383. The summed E-state index contributed by atoms with van der Waals surface area (Å²) in [5.41, 5.74) is 1.98. The summed E-state index contributed by atoms with van der Waals surface area (Å²) in [6.45, 7) is 4.01. The largest absolute Gasteiger partial charge is 0.384 e. The third kappa shape index (κ3) is 3.94. The number of nitrogens with one attached hydrogen (secondary N) is 2. The van der Waals surface area contributed by atoms with E-state index in [1.807, 2.05) is 6.92 Å². The van der Waals surface area contributed by atoms with Crippen LogP contribution in [0.5, 0.6) is 0 Å². The minimum absolute atomic E-state index is 0.204. The topological polar surface area (TPSA) is 35.9 Å². The Balaban J connectivity index is 2.58. The molecule has 1 rings (SSSR count). The van der Waals surface area contributed by atoms with Crippen LogP contribution < -0.4 is 5.32 Å². The van der Waals surface area contributed by atoms with Gasteiger partial charge in [0.05, 0.1) is 0 Å². The van der Waals surface area contributed by atoms with Gasteiger partial charge in [-0.25, -0.2) is 4.39 Å². The van der Waals surface area contributed by atoms with Gasteiger partial charge in [0, 0.05) is 23.5 Å². The molecule has 0 radical (unpaired) electrons. The minimum atomic E-state index is -0.204. The summed E-state index contributed by atoms with van der Waals surface area (Å²) in [6.07, 6.45) is 1.71. The maximum atomic E-state index is 13.2. The molecule has 0 saturated carbocycles. The number of halogens is 1. The summed E-state index contributed by atoms with van der Waals surface area (Å²) in [6, 6.07) is 6.66. The molecule has 0 aliphatic rings. The van der Waals surface area contributed by atoms with Gasteiger partial charge in [-0.2, -0.15) is 0 Å². The predicted molar refractivity (Wildman–Crippen MR) is 60.4 cm³/mol. The number of benzene rings is 1. The molecule has 0 saturated heterocycles. The van der Waals surface area contributed by atoms with E-state index in [-0.39, 0.29) is 5.82 Å². The zero-order valence-corrected chi connectivity index (χ0v) is 8.97. The van der Waals surface area contributed by atoms with Crippen molar-refractivity contribution in [1.82, 2.24) is 5.32 Å². The van der Waals surface area contributed by atoms with E-state index >= 15 is 0 Å². The van der Waals surface area contributed by atoms with Crippen LogP contribution in [0.15, 0.2) is 36.0 Å². The molecule has 0 bridgehead atoms. The first-order chi connectivity index (χ1) is 7.09. The molecule has 0 amide bonds. The molecule has 2 nitrogen and oxygen atoms in total. The standard InChI is InChI=1S/C12H15FN2/c1-9(14)7-10(2)15-8-11-5-3-4-6-12(11)13/h3-7,14-15H,8H2,1-2H3/b10-7-,14-9?. The lowest BCUT2D eigenvalue weighted by Gasteiger charge is -2.07. The minimum Gasteiger partial charge on any atom is -0.384 e. The van der Waals surface area contributed by atoms with Gasteiger partial charge in [0.25, 0.3) is 0 Å². The first kappa shape index (κ1) is 11.4. The van der Waals surface area contributed by atoms with Gasteiger partial charge in [0.15, 0.2) is 0 Å². The molecule has 0 heterocycles. The number of allylic oxidation sites excluding steroid dienone is 2. The third-order valence-corrected chi connectivity index (χ3v) is 1.95. The van der Waals surface area contributed by atoms with Gasteiger partial charge in [0.1, 0.15) is 5.82 Å². The van der Waals surface area contributed by atoms with Crippen LogP contribution in [0.1, 0.15) is 19.4 Å². The molecule has 0 fully saturated rings. The maximum Gasteiger partial charge on any atom is 0.128 e. The molecule has 0 spiro atoms. The van der Waals surface area contributed by atoms with E-state index < -0.39 is 0 Å². The smallest absolute Gasteiger partial charge is 0.128 e. The van der Waals surface area contributed by atoms with Crippen LogP contribution in [-0.4, -0.2) is 5.71 Å². The Labute approximate surface area is 89.3 Å². The zero-order chi connectivity index (χ0) is 11.3. The van der Waals surface area contributed by atoms with Crippen molar-refractivity contribution in [1.29, 1.82) is 5.41 Å². The van der Waals surface area contributed by atoms with Gasteiger partial charge in [-0.1, -0.05) is 18.2 Å². The number of hydrogen-bond donors (Lipinski definition) is 2. The summed E-state index contributed by atoms with van der Waals surface area (Å²) in [5.74, 6) is -0.204. The SMILES string of the molecule is CC(=N)/C=C(/C)NCc1ccccc1F. The molecule has 2 N–H and O–H groups in total. The summed E-state index contributed by atoms with van der Waals surface area (Å²) < 4.78 is 13.2. The summed E-state index contributed by atoms with van der Waals surface area (Å²) in [4.78, 5) is 0. The van der Waals surface area contributed by atoms with E-state index in [0.29, 0.717) is 17.8 Å². The van der Waals surface area contributed by atoms with Crippen molar-refractivity contribution < 1.29 is 4.39 Å². The second-order valence-corrected chi connectivity index (χ2v) is 3.46. The summed E-state index contributed by atoms with van der Waals surface area (Å²) in [7, 11) is 0. The molecular formula is C12H15FN2. The zero-order valence-electron chi connectivity index (χ0n) is 8.97. The van der Waals surface area contributed by atoms with Gasteiger partial charge in [-0.15, -0.1) is 0 Å². The van der Waals surface area contributed by atoms with E-state index in [1.165, 1.54) is 6.07 Å². The highest BCUT2D eigenvalue weighted by molar-refractivity contribution is 5.90. The van der Waals surface area contributed by atoms with Crippen LogP contribution >= 0.6 is 0 Å². The van der Waals surface area contributed by atoms with Gasteiger partial charge >= 0.3 is 0 Å². The molecule has 15 heavy (non-hydrogen) atoms. The van der Waals surface area contributed by atoms with Gasteiger partial charge in [-0.3, -0.25) is 0 Å². The van der Waals surface area contributed by atoms with Crippen LogP contribution in [-0.2, 0) is 6.54 Å². The van der Waals surface area contributed by atoms with Crippen LogP contribution in [0.2, 0.25) is 0 Å². The molecule has 0 atom stereocenters. The van der Waals surface area contributed by atoms with Crippen molar-refractivity contribution in [2.75, 3.05) is 0 Å².